The first kappa shape index (κ1) is 18.4. The lowest BCUT2D eigenvalue weighted by atomic mass is 10.0. The van der Waals surface area contributed by atoms with Crippen molar-refractivity contribution in [3.05, 3.63) is 64.6 Å². The molecule has 140 valence electrons. The third-order valence-electron chi connectivity index (χ3n) is 4.26. The van der Waals surface area contributed by atoms with Crippen molar-refractivity contribution < 1.29 is 13.9 Å². The summed E-state index contributed by atoms with van der Waals surface area (Å²) in [6.07, 6.45) is 1.52. The summed E-state index contributed by atoms with van der Waals surface area (Å²) in [4.78, 5) is 25.4. The van der Waals surface area contributed by atoms with E-state index in [4.69, 9.17) is 9.15 Å². The van der Waals surface area contributed by atoms with E-state index in [0.717, 1.165) is 10.2 Å². The van der Waals surface area contributed by atoms with Gasteiger partial charge in [0.05, 0.1) is 19.1 Å². The van der Waals surface area contributed by atoms with E-state index in [9.17, 15) is 9.59 Å². The highest BCUT2D eigenvalue weighted by Gasteiger charge is 2.33. The molecule has 27 heavy (non-hydrogen) atoms. The van der Waals surface area contributed by atoms with Crippen LogP contribution in [0, 0.1) is 6.92 Å². The Balaban J connectivity index is 1.96. The number of ether oxygens (including phenoxy) is 1. The number of aromatic nitrogens is 2. The molecule has 3 aromatic rings. The Bertz CT molecular complexity index is 1020. The number of carbonyl (C=O) groups is 1. The smallest absolute Gasteiger partial charge is 0.267 e. The van der Waals surface area contributed by atoms with Crippen LogP contribution in [-0.2, 0) is 10.3 Å². The van der Waals surface area contributed by atoms with Gasteiger partial charge in [-0.05, 0) is 56.7 Å². The highest BCUT2D eigenvalue weighted by molar-refractivity contribution is 5.97. The minimum absolute atomic E-state index is 0.387. The summed E-state index contributed by atoms with van der Waals surface area (Å²) in [5, 5.41) is 7.16. The number of rotatable bonds is 5. The van der Waals surface area contributed by atoms with Gasteiger partial charge < -0.3 is 14.5 Å². The van der Waals surface area contributed by atoms with E-state index in [1.807, 2.05) is 19.1 Å². The Kier molecular flexibility index (Phi) is 4.85. The first-order valence-corrected chi connectivity index (χ1v) is 8.44. The molecule has 0 aliphatic rings. The summed E-state index contributed by atoms with van der Waals surface area (Å²) in [5.74, 6) is 0.660. The van der Waals surface area contributed by atoms with Gasteiger partial charge in [-0.15, -0.1) is 0 Å². The van der Waals surface area contributed by atoms with Crippen molar-refractivity contribution >= 4 is 11.6 Å². The zero-order chi connectivity index (χ0) is 19.6. The van der Waals surface area contributed by atoms with E-state index < -0.39 is 11.4 Å². The van der Waals surface area contributed by atoms with Crippen LogP contribution in [-0.4, -0.2) is 22.8 Å². The second kappa shape index (κ2) is 7.11. The maximum Gasteiger partial charge on any atom is 0.267 e. The molecule has 0 unspecified atom stereocenters. The van der Waals surface area contributed by atoms with Crippen LogP contribution in [0.3, 0.4) is 0 Å². The van der Waals surface area contributed by atoms with E-state index >= 15 is 0 Å². The van der Waals surface area contributed by atoms with E-state index in [1.165, 1.54) is 19.4 Å². The summed E-state index contributed by atoms with van der Waals surface area (Å²) in [5.41, 5.74) is 0.342. The van der Waals surface area contributed by atoms with Gasteiger partial charge >= 0.3 is 0 Å². The van der Waals surface area contributed by atoms with Crippen molar-refractivity contribution in [1.82, 2.24) is 9.78 Å². The van der Waals surface area contributed by atoms with Crippen LogP contribution in [0.4, 0.5) is 5.69 Å². The molecule has 0 saturated heterocycles. The standard InChI is InChI=1S/C20H21N3O4/c1-13-7-9-16(26-4)15(12-13)21-19(25)20(2,3)23-18(24)10-8-14(22-23)17-6-5-11-27-17/h5-12H,1-4H3,(H,21,25). The molecule has 0 spiro atoms. The zero-order valence-electron chi connectivity index (χ0n) is 15.6. The van der Waals surface area contributed by atoms with Gasteiger partial charge in [0.25, 0.3) is 11.5 Å². The van der Waals surface area contributed by atoms with Crippen LogP contribution in [0.2, 0.25) is 0 Å². The molecule has 1 amide bonds. The number of nitrogens with zero attached hydrogens (tertiary/aromatic N) is 2. The Morgan fingerprint density at radius 2 is 2.00 bits per heavy atom. The molecule has 0 fully saturated rings. The summed E-state index contributed by atoms with van der Waals surface area (Å²) in [7, 11) is 1.53. The molecule has 7 nitrogen and oxygen atoms in total. The van der Waals surface area contributed by atoms with Crippen molar-refractivity contribution in [2.24, 2.45) is 0 Å². The predicted octanol–water partition coefficient (Wildman–Crippen LogP) is 3.19. The van der Waals surface area contributed by atoms with Crippen molar-refractivity contribution in [2.45, 2.75) is 26.3 Å². The summed E-state index contributed by atoms with van der Waals surface area (Å²) in [6.45, 7) is 5.18. The number of carbonyl (C=O) groups excluding carboxylic acids is 1. The quantitative estimate of drug-likeness (QED) is 0.748. The molecule has 0 aliphatic heterocycles. The molecule has 0 atom stereocenters. The monoisotopic (exact) mass is 367 g/mol. The number of anilines is 1. The minimum Gasteiger partial charge on any atom is -0.495 e. The van der Waals surface area contributed by atoms with Crippen LogP contribution >= 0.6 is 0 Å². The number of amides is 1. The maximum absolute atomic E-state index is 13.0. The normalized spacial score (nSPS) is 11.3. The van der Waals surface area contributed by atoms with Gasteiger partial charge in [0.2, 0.25) is 0 Å². The second-order valence-corrected chi connectivity index (χ2v) is 6.66. The first-order chi connectivity index (χ1) is 12.8. The first-order valence-electron chi connectivity index (χ1n) is 8.44. The Morgan fingerprint density at radius 3 is 2.67 bits per heavy atom. The fraction of sp³-hybridized carbons (Fsp3) is 0.250. The van der Waals surface area contributed by atoms with Crippen molar-refractivity contribution in [3.63, 3.8) is 0 Å². The largest absolute Gasteiger partial charge is 0.495 e. The third-order valence-corrected chi connectivity index (χ3v) is 4.26. The lowest BCUT2D eigenvalue weighted by molar-refractivity contribution is -0.123. The van der Waals surface area contributed by atoms with Crippen LogP contribution in [0.1, 0.15) is 19.4 Å². The van der Waals surface area contributed by atoms with Gasteiger partial charge in [-0.3, -0.25) is 9.59 Å². The van der Waals surface area contributed by atoms with Crippen LogP contribution < -0.4 is 15.6 Å². The fourth-order valence-electron chi connectivity index (χ4n) is 2.66. The number of aryl methyl sites for hydroxylation is 1. The van der Waals surface area contributed by atoms with E-state index in [1.54, 1.807) is 38.1 Å². The summed E-state index contributed by atoms with van der Waals surface area (Å²) < 4.78 is 11.8. The lowest BCUT2D eigenvalue weighted by Gasteiger charge is -2.25. The second-order valence-electron chi connectivity index (χ2n) is 6.66. The molecule has 0 saturated carbocycles. The number of nitrogens with one attached hydrogen (secondary N) is 1. The highest BCUT2D eigenvalue weighted by atomic mass is 16.5. The summed E-state index contributed by atoms with van der Waals surface area (Å²) in [6, 6.07) is 11.9. The predicted molar refractivity (Wildman–Crippen MR) is 102 cm³/mol. The SMILES string of the molecule is COc1ccc(C)cc1NC(=O)C(C)(C)n1nc(-c2ccco2)ccc1=O. The van der Waals surface area contributed by atoms with Gasteiger partial charge in [-0.25, -0.2) is 4.68 Å². The number of benzene rings is 1. The average molecular weight is 367 g/mol. The molecule has 0 bridgehead atoms. The van der Waals surface area contributed by atoms with E-state index in [0.29, 0.717) is 22.9 Å². The Hall–Kier alpha value is -3.35. The van der Waals surface area contributed by atoms with Gasteiger partial charge in [0.15, 0.2) is 5.76 Å². The molecule has 1 N–H and O–H groups in total. The zero-order valence-corrected chi connectivity index (χ0v) is 15.6. The number of hydrogen-bond donors (Lipinski definition) is 1. The topological polar surface area (TPSA) is 86.4 Å². The number of methoxy groups -OCH3 is 1. The van der Waals surface area contributed by atoms with Gasteiger partial charge in [-0.1, -0.05) is 6.07 Å². The molecule has 2 heterocycles. The van der Waals surface area contributed by atoms with Crippen LogP contribution in [0.25, 0.3) is 11.5 Å². The Labute approximate surface area is 156 Å². The molecule has 0 radical (unpaired) electrons. The van der Waals surface area contributed by atoms with Crippen molar-refractivity contribution in [3.8, 4) is 17.2 Å². The van der Waals surface area contributed by atoms with Gasteiger partial charge in [0, 0.05) is 6.07 Å². The fourth-order valence-corrected chi connectivity index (χ4v) is 2.66. The van der Waals surface area contributed by atoms with E-state index in [2.05, 4.69) is 10.4 Å². The number of furan rings is 1. The van der Waals surface area contributed by atoms with Crippen molar-refractivity contribution in [2.75, 3.05) is 12.4 Å². The molecule has 7 heteroatoms. The third kappa shape index (κ3) is 3.62. The molecular weight excluding hydrogens is 346 g/mol. The maximum atomic E-state index is 13.0. The molecule has 3 rings (SSSR count). The molecule has 1 aromatic carbocycles. The van der Waals surface area contributed by atoms with Gasteiger partial charge in [0.1, 0.15) is 17.0 Å². The molecule has 0 aliphatic carbocycles. The Morgan fingerprint density at radius 1 is 1.22 bits per heavy atom. The van der Waals surface area contributed by atoms with Gasteiger partial charge in [-0.2, -0.15) is 5.10 Å². The van der Waals surface area contributed by atoms with Crippen molar-refractivity contribution in [1.29, 1.82) is 0 Å². The summed E-state index contributed by atoms with van der Waals surface area (Å²) >= 11 is 0. The average Bonchev–Trinajstić information content (AvgIpc) is 3.16. The lowest BCUT2D eigenvalue weighted by Crippen LogP contribution is -2.47. The van der Waals surface area contributed by atoms with E-state index in [-0.39, 0.29) is 5.56 Å². The van der Waals surface area contributed by atoms with Crippen LogP contribution in [0.15, 0.2) is 57.9 Å². The molecular formula is C20H21N3O4. The highest BCUT2D eigenvalue weighted by Crippen LogP contribution is 2.27. The molecule has 2 aromatic heterocycles. The minimum atomic E-state index is -1.24. The number of hydrogen-bond acceptors (Lipinski definition) is 5. The van der Waals surface area contributed by atoms with Crippen LogP contribution in [0.5, 0.6) is 5.75 Å².